The Morgan fingerprint density at radius 2 is 2.11 bits per heavy atom. The average molecular weight is 264 g/mol. The molecule has 0 aliphatic carbocycles. The minimum Gasteiger partial charge on any atom is -0.377 e. The Morgan fingerprint density at radius 3 is 2.74 bits per heavy atom. The molecule has 2 heterocycles. The fourth-order valence-electron chi connectivity index (χ4n) is 2.34. The van der Waals surface area contributed by atoms with E-state index in [4.69, 9.17) is 10.5 Å². The molecule has 0 atom stereocenters. The lowest BCUT2D eigenvalue weighted by molar-refractivity contribution is 0.0421. The largest absolute Gasteiger partial charge is 0.377 e. The first-order valence-electron chi connectivity index (χ1n) is 7.09. The maximum Gasteiger partial charge on any atom is 0.132 e. The lowest BCUT2D eigenvalue weighted by Gasteiger charge is -2.32. The highest BCUT2D eigenvalue weighted by molar-refractivity contribution is 5.40. The van der Waals surface area contributed by atoms with Crippen molar-refractivity contribution in [1.29, 1.82) is 0 Å². The summed E-state index contributed by atoms with van der Waals surface area (Å²) in [5.41, 5.74) is 6.56. The lowest BCUT2D eigenvalue weighted by Crippen LogP contribution is -2.38. The molecule has 0 radical (unpaired) electrons. The van der Waals surface area contributed by atoms with Crippen LogP contribution < -0.4 is 10.6 Å². The van der Waals surface area contributed by atoms with Gasteiger partial charge < -0.3 is 15.4 Å². The van der Waals surface area contributed by atoms with Crippen LogP contribution in [0.5, 0.6) is 0 Å². The summed E-state index contributed by atoms with van der Waals surface area (Å²) in [5, 5.41) is 0. The molecule has 5 heteroatoms. The molecule has 2 rings (SSSR count). The Bertz CT molecular complexity index is 389. The first-order chi connectivity index (χ1) is 9.20. The smallest absolute Gasteiger partial charge is 0.132 e. The molecule has 1 aliphatic heterocycles. The van der Waals surface area contributed by atoms with E-state index in [1.54, 1.807) is 6.33 Å². The summed E-state index contributed by atoms with van der Waals surface area (Å²) >= 11 is 0. The van der Waals surface area contributed by atoms with Gasteiger partial charge in [0.05, 0.1) is 12.7 Å². The van der Waals surface area contributed by atoms with E-state index in [1.165, 1.54) is 0 Å². The van der Waals surface area contributed by atoms with Crippen molar-refractivity contribution in [2.75, 3.05) is 31.1 Å². The molecule has 0 saturated carbocycles. The summed E-state index contributed by atoms with van der Waals surface area (Å²) in [5.74, 6) is 1.48. The van der Waals surface area contributed by atoms with Gasteiger partial charge in [0.1, 0.15) is 12.1 Å². The van der Waals surface area contributed by atoms with Gasteiger partial charge in [-0.3, -0.25) is 0 Å². The van der Waals surface area contributed by atoms with Crippen molar-refractivity contribution in [2.24, 2.45) is 5.73 Å². The summed E-state index contributed by atoms with van der Waals surface area (Å²) in [6, 6.07) is 2.10. The van der Waals surface area contributed by atoms with Crippen LogP contribution in [0.4, 0.5) is 5.82 Å². The molecule has 0 aromatic carbocycles. The molecule has 1 fully saturated rings. The van der Waals surface area contributed by atoms with Crippen molar-refractivity contribution in [1.82, 2.24) is 9.97 Å². The summed E-state index contributed by atoms with van der Waals surface area (Å²) < 4.78 is 5.69. The van der Waals surface area contributed by atoms with Crippen molar-refractivity contribution >= 4 is 5.82 Å². The fraction of sp³-hybridized carbons (Fsp3) is 0.714. The van der Waals surface area contributed by atoms with E-state index in [1.807, 2.05) is 0 Å². The molecule has 19 heavy (non-hydrogen) atoms. The van der Waals surface area contributed by atoms with Crippen molar-refractivity contribution < 1.29 is 4.74 Å². The van der Waals surface area contributed by atoms with Gasteiger partial charge in [0.25, 0.3) is 0 Å². The molecule has 0 spiro atoms. The van der Waals surface area contributed by atoms with E-state index in [9.17, 15) is 0 Å². The Balaban J connectivity index is 1.92. The zero-order chi connectivity index (χ0) is 13.7. The van der Waals surface area contributed by atoms with Crippen LogP contribution in [0.1, 0.15) is 38.3 Å². The van der Waals surface area contributed by atoms with Crippen molar-refractivity contribution in [3.8, 4) is 0 Å². The molecule has 0 bridgehead atoms. The molecule has 0 amide bonds. The van der Waals surface area contributed by atoms with E-state index in [-0.39, 0.29) is 0 Å². The van der Waals surface area contributed by atoms with Crippen molar-refractivity contribution in [2.45, 2.75) is 38.7 Å². The van der Waals surface area contributed by atoms with Crippen LogP contribution in [0.25, 0.3) is 0 Å². The highest BCUT2D eigenvalue weighted by atomic mass is 16.5. The molecule has 1 aromatic rings. The van der Waals surface area contributed by atoms with Crippen LogP contribution in [0.3, 0.4) is 0 Å². The predicted octanol–water partition coefficient (Wildman–Crippen LogP) is 1.54. The topological polar surface area (TPSA) is 64.3 Å². The van der Waals surface area contributed by atoms with E-state index in [0.717, 1.165) is 37.4 Å². The number of rotatable bonds is 5. The second-order valence-corrected chi connectivity index (χ2v) is 5.30. The first kappa shape index (κ1) is 14.2. The maximum absolute atomic E-state index is 5.69. The molecule has 1 aliphatic rings. The third-order valence-electron chi connectivity index (χ3n) is 3.50. The Labute approximate surface area is 115 Å². The number of nitrogens with two attached hydrogens (primary N) is 1. The number of hydrogen-bond donors (Lipinski definition) is 1. The first-order valence-corrected chi connectivity index (χ1v) is 7.09. The highest BCUT2D eigenvalue weighted by Crippen LogP contribution is 2.21. The number of aromatic nitrogens is 2. The third-order valence-corrected chi connectivity index (χ3v) is 3.50. The summed E-state index contributed by atoms with van der Waals surface area (Å²) in [4.78, 5) is 11.0. The van der Waals surface area contributed by atoms with E-state index in [2.05, 4.69) is 34.8 Å². The maximum atomic E-state index is 5.69. The molecule has 5 nitrogen and oxygen atoms in total. The molecule has 1 aromatic heterocycles. The Hall–Kier alpha value is -1.20. The van der Waals surface area contributed by atoms with Crippen LogP contribution in [0.2, 0.25) is 0 Å². The van der Waals surface area contributed by atoms with Gasteiger partial charge in [-0.2, -0.15) is 0 Å². The van der Waals surface area contributed by atoms with Gasteiger partial charge in [-0.15, -0.1) is 0 Å². The van der Waals surface area contributed by atoms with Gasteiger partial charge in [-0.05, 0) is 18.8 Å². The molecule has 106 valence electrons. The summed E-state index contributed by atoms with van der Waals surface area (Å²) in [6.45, 7) is 7.55. The normalized spacial score (nSPS) is 17.2. The summed E-state index contributed by atoms with van der Waals surface area (Å²) in [6.07, 6.45) is 4.11. The van der Waals surface area contributed by atoms with E-state index in [0.29, 0.717) is 25.2 Å². The zero-order valence-corrected chi connectivity index (χ0v) is 11.9. The van der Waals surface area contributed by atoms with Crippen molar-refractivity contribution in [3.63, 3.8) is 0 Å². The Morgan fingerprint density at radius 1 is 1.37 bits per heavy atom. The number of nitrogens with zero attached hydrogens (tertiary/aromatic N) is 3. The minimum atomic E-state index is 0.353. The lowest BCUT2D eigenvalue weighted by atomic mass is 10.1. The quantitative estimate of drug-likeness (QED) is 0.874. The minimum absolute atomic E-state index is 0.353. The second kappa shape index (κ2) is 6.82. The van der Waals surface area contributed by atoms with Crippen LogP contribution >= 0.6 is 0 Å². The van der Waals surface area contributed by atoms with Crippen LogP contribution in [0.15, 0.2) is 12.4 Å². The number of ether oxygens (including phenoxy) is 1. The van der Waals surface area contributed by atoms with Gasteiger partial charge in [0, 0.05) is 31.4 Å². The fourth-order valence-corrected chi connectivity index (χ4v) is 2.34. The second-order valence-electron chi connectivity index (χ2n) is 5.30. The summed E-state index contributed by atoms with van der Waals surface area (Å²) in [7, 11) is 0. The van der Waals surface area contributed by atoms with Gasteiger partial charge in [-0.1, -0.05) is 13.8 Å². The number of hydrogen-bond acceptors (Lipinski definition) is 5. The monoisotopic (exact) mass is 264 g/mol. The molecule has 2 N–H and O–H groups in total. The highest BCUT2D eigenvalue weighted by Gasteiger charge is 2.20. The van der Waals surface area contributed by atoms with Gasteiger partial charge in [-0.25, -0.2) is 9.97 Å². The third kappa shape index (κ3) is 3.88. The van der Waals surface area contributed by atoms with E-state index >= 15 is 0 Å². The number of piperidine rings is 1. The Kier molecular flexibility index (Phi) is 5.10. The molecule has 1 saturated heterocycles. The van der Waals surface area contributed by atoms with Crippen LogP contribution in [0, 0.1) is 0 Å². The SMILES string of the molecule is CC(C)c1cc(N2CCC(OCCN)CC2)ncn1. The number of anilines is 1. The standard InChI is InChI=1S/C14H24N4O/c1-11(2)13-9-14(17-10-16-13)18-6-3-12(4-7-18)19-8-5-15/h9-12H,3-8,15H2,1-2H3. The average Bonchev–Trinajstić information content (AvgIpc) is 2.46. The van der Waals surface area contributed by atoms with Gasteiger partial charge >= 0.3 is 0 Å². The van der Waals surface area contributed by atoms with E-state index < -0.39 is 0 Å². The predicted molar refractivity (Wildman–Crippen MR) is 76.4 cm³/mol. The molecule has 0 unspecified atom stereocenters. The van der Waals surface area contributed by atoms with Crippen molar-refractivity contribution in [3.05, 3.63) is 18.1 Å². The van der Waals surface area contributed by atoms with Gasteiger partial charge in [0.15, 0.2) is 0 Å². The van der Waals surface area contributed by atoms with Crippen LogP contribution in [-0.4, -0.2) is 42.3 Å². The molecular weight excluding hydrogens is 240 g/mol. The van der Waals surface area contributed by atoms with Gasteiger partial charge in [0.2, 0.25) is 0 Å². The zero-order valence-electron chi connectivity index (χ0n) is 11.9. The molecular formula is C14H24N4O. The van der Waals surface area contributed by atoms with Crippen LogP contribution in [-0.2, 0) is 4.74 Å².